The van der Waals surface area contributed by atoms with Crippen molar-refractivity contribution >= 4 is 11.1 Å². The Hall–Kier alpha value is -7.52. The minimum atomic E-state index is -5.99. The summed E-state index contributed by atoms with van der Waals surface area (Å²) in [6.45, 7) is 0. The van der Waals surface area contributed by atoms with Crippen molar-refractivity contribution in [1.82, 2.24) is 0 Å². The second-order valence-corrected chi connectivity index (χ2v) is 9.74. The van der Waals surface area contributed by atoms with Crippen molar-refractivity contribution in [1.29, 1.82) is 42.1 Å². The molecule has 0 spiro atoms. The van der Waals surface area contributed by atoms with E-state index < -0.39 is 113 Å². The van der Waals surface area contributed by atoms with Gasteiger partial charge in [-0.1, -0.05) is 12.1 Å². The molecule has 0 bridgehead atoms. The summed E-state index contributed by atoms with van der Waals surface area (Å²) in [4.78, 5) is 0. The lowest BCUT2D eigenvalue weighted by molar-refractivity contribution is -0.162. The molecule has 52 heavy (non-hydrogen) atoms. The van der Waals surface area contributed by atoms with E-state index in [1.165, 1.54) is 24.3 Å². The Balaban J connectivity index is 2.79. The molecule has 0 amide bonds. The third kappa shape index (κ3) is 6.57. The van der Waals surface area contributed by atoms with E-state index in [4.69, 9.17) is 0 Å². The van der Waals surface area contributed by atoms with Crippen LogP contribution >= 0.6 is 0 Å². The predicted octanol–water partition coefficient (Wildman–Crippen LogP) is 6.44. The van der Waals surface area contributed by atoms with Crippen LogP contribution in [0.25, 0.3) is 11.1 Å². The molecule has 0 aliphatic carbocycles. The molecule has 256 valence electrons. The first kappa shape index (κ1) is 38.9. The van der Waals surface area contributed by atoms with Gasteiger partial charge in [0, 0.05) is 21.6 Å². The summed E-state index contributed by atoms with van der Waals surface area (Å²) in [6.07, 6.45) is -23.8. The SMILES string of the molecule is N#C/C(c1cc(C#N)c(C(F)(F)F)c(C(F)(F)F)c1C#N)=c1/cc/c(=C(\C#N)c2cc(C#N)c(C(F)(F)F)c(C(F)(F)F)c2C#N)c(C#N)c1C#N. The molecule has 0 atom stereocenters. The smallest absolute Gasteiger partial charge is 0.192 e. The maximum absolute atomic E-state index is 14.0. The lowest BCUT2D eigenvalue weighted by Gasteiger charge is -2.20. The zero-order valence-electron chi connectivity index (χ0n) is 24.4. The van der Waals surface area contributed by atoms with Crippen LogP contribution in [-0.4, -0.2) is 0 Å². The molecular formula is C32H4F12N8. The predicted molar refractivity (Wildman–Crippen MR) is 143 cm³/mol. The van der Waals surface area contributed by atoms with E-state index in [-0.39, 0.29) is 12.1 Å². The van der Waals surface area contributed by atoms with Crippen LogP contribution in [0.3, 0.4) is 0 Å². The number of nitriles is 8. The van der Waals surface area contributed by atoms with Gasteiger partial charge in [0.2, 0.25) is 0 Å². The summed E-state index contributed by atoms with van der Waals surface area (Å²) >= 11 is 0. The number of benzene rings is 3. The number of hydrogen-bond acceptors (Lipinski definition) is 8. The second-order valence-electron chi connectivity index (χ2n) is 9.74. The van der Waals surface area contributed by atoms with E-state index in [1.807, 2.05) is 0 Å². The van der Waals surface area contributed by atoms with E-state index in [2.05, 4.69) is 0 Å². The molecule has 3 aromatic rings. The molecule has 0 N–H and O–H groups in total. The zero-order chi connectivity index (χ0) is 39.7. The summed E-state index contributed by atoms with van der Waals surface area (Å²) in [6, 6.07) is 9.89. The molecule has 0 saturated heterocycles. The molecule has 0 saturated carbocycles. The van der Waals surface area contributed by atoms with Crippen molar-refractivity contribution in [3.05, 3.63) is 101 Å². The quantitative estimate of drug-likeness (QED) is 0.269. The van der Waals surface area contributed by atoms with Crippen LogP contribution in [0.4, 0.5) is 52.7 Å². The third-order valence-electron chi connectivity index (χ3n) is 6.98. The van der Waals surface area contributed by atoms with Gasteiger partial charge in [-0.25, -0.2) is 0 Å². The molecule has 0 unspecified atom stereocenters. The van der Waals surface area contributed by atoms with Crippen molar-refractivity contribution < 1.29 is 52.7 Å². The summed E-state index contributed by atoms with van der Waals surface area (Å²) < 4.78 is 167. The van der Waals surface area contributed by atoms with Gasteiger partial charge in [0.25, 0.3) is 0 Å². The van der Waals surface area contributed by atoms with E-state index in [1.54, 1.807) is 0 Å². The molecule has 0 fully saturated rings. The fraction of sp³-hybridized carbons (Fsp3) is 0.125. The Morgan fingerprint density at radius 2 is 0.654 bits per heavy atom. The highest BCUT2D eigenvalue weighted by Crippen LogP contribution is 2.47. The Morgan fingerprint density at radius 3 is 0.846 bits per heavy atom. The highest BCUT2D eigenvalue weighted by molar-refractivity contribution is 5.86. The standard InChI is InChI=1S/C32H4F12N8/c33-29(34,35)25-13(5-45)3-17(23(11-51)27(25)31(39,40)41)19(7-47)15-1-2-16(22(10-50)21(15)9-49)20(8-48)18-4-14(6-46)26(30(36,37)38)28(24(18)12-52)32(42,43)44/h1-4H/b19-15-,20-16+. The van der Waals surface area contributed by atoms with Crippen LogP contribution in [0, 0.1) is 90.6 Å². The first-order valence-corrected chi connectivity index (χ1v) is 12.9. The first-order chi connectivity index (χ1) is 24.0. The summed E-state index contributed by atoms with van der Waals surface area (Å²) in [5.41, 5.74) is -25.1. The average Bonchev–Trinajstić information content (AvgIpc) is 3.05. The van der Waals surface area contributed by atoms with Crippen LogP contribution in [0.15, 0.2) is 24.3 Å². The molecule has 0 radical (unpaired) electrons. The minimum absolute atomic E-state index is 0.0760. The molecule has 8 nitrogen and oxygen atoms in total. The Morgan fingerprint density at radius 1 is 0.385 bits per heavy atom. The third-order valence-corrected chi connectivity index (χ3v) is 6.98. The van der Waals surface area contributed by atoms with E-state index >= 15 is 0 Å². The molecule has 0 heterocycles. The maximum Gasteiger partial charge on any atom is 0.418 e. The van der Waals surface area contributed by atoms with E-state index in [0.29, 0.717) is 12.1 Å². The molecule has 0 aliphatic heterocycles. The Bertz CT molecular complexity index is 2370. The highest BCUT2D eigenvalue weighted by atomic mass is 19.4. The Kier molecular flexibility index (Phi) is 10.0. The fourth-order valence-electron chi connectivity index (χ4n) is 5.11. The highest BCUT2D eigenvalue weighted by Gasteiger charge is 2.49. The summed E-state index contributed by atoms with van der Waals surface area (Å²) in [7, 11) is 0. The molecule has 3 aromatic carbocycles. The van der Waals surface area contributed by atoms with Crippen molar-refractivity contribution in [3.8, 4) is 48.6 Å². The van der Waals surface area contributed by atoms with Crippen molar-refractivity contribution in [3.63, 3.8) is 0 Å². The van der Waals surface area contributed by atoms with Crippen LogP contribution in [0.5, 0.6) is 0 Å². The van der Waals surface area contributed by atoms with Gasteiger partial charge in [0.05, 0.1) is 78.9 Å². The monoisotopic (exact) mass is 728 g/mol. The normalized spacial score (nSPS) is 12.7. The van der Waals surface area contributed by atoms with Gasteiger partial charge in [0.15, 0.2) is 0 Å². The zero-order valence-corrected chi connectivity index (χ0v) is 24.4. The molecule has 0 aliphatic rings. The van der Waals surface area contributed by atoms with E-state index in [9.17, 15) is 94.8 Å². The van der Waals surface area contributed by atoms with Gasteiger partial charge in [-0.2, -0.15) is 94.8 Å². The van der Waals surface area contributed by atoms with Gasteiger partial charge in [-0.15, -0.1) is 0 Å². The second kappa shape index (κ2) is 13.4. The lowest BCUT2D eigenvalue weighted by Crippen LogP contribution is -2.25. The molecule has 0 aromatic heterocycles. The first-order valence-electron chi connectivity index (χ1n) is 12.9. The van der Waals surface area contributed by atoms with Crippen LogP contribution in [0.1, 0.15) is 66.8 Å². The van der Waals surface area contributed by atoms with E-state index in [0.717, 1.165) is 24.3 Å². The molecule has 20 heteroatoms. The number of hydrogen-bond donors (Lipinski definition) is 0. The van der Waals surface area contributed by atoms with Crippen LogP contribution in [0.2, 0.25) is 0 Å². The van der Waals surface area contributed by atoms with Gasteiger partial charge in [-0.3, -0.25) is 0 Å². The van der Waals surface area contributed by atoms with Crippen LogP contribution in [-0.2, 0) is 24.7 Å². The van der Waals surface area contributed by atoms with Crippen molar-refractivity contribution in [2.75, 3.05) is 0 Å². The van der Waals surface area contributed by atoms with Gasteiger partial charge in [0.1, 0.15) is 36.4 Å². The van der Waals surface area contributed by atoms with Crippen molar-refractivity contribution in [2.24, 2.45) is 0 Å². The number of halogens is 12. The van der Waals surface area contributed by atoms with Crippen molar-refractivity contribution in [2.45, 2.75) is 24.7 Å². The van der Waals surface area contributed by atoms with Gasteiger partial charge < -0.3 is 0 Å². The summed E-state index contributed by atoms with van der Waals surface area (Å²) in [5.74, 6) is 0. The number of alkyl halides is 12. The van der Waals surface area contributed by atoms with Gasteiger partial charge in [-0.05, 0) is 12.1 Å². The summed E-state index contributed by atoms with van der Waals surface area (Å²) in [5, 5.41) is 75.7. The van der Waals surface area contributed by atoms with Gasteiger partial charge >= 0.3 is 24.7 Å². The molecule has 3 rings (SSSR count). The minimum Gasteiger partial charge on any atom is -0.192 e. The number of rotatable bonds is 2. The van der Waals surface area contributed by atoms with Crippen LogP contribution < -0.4 is 10.4 Å². The fourth-order valence-corrected chi connectivity index (χ4v) is 5.11. The molecular weight excluding hydrogens is 724 g/mol. The maximum atomic E-state index is 14.0. The average molecular weight is 728 g/mol. The Labute approximate surface area is 280 Å². The lowest BCUT2D eigenvalue weighted by atomic mass is 9.85. The largest absolute Gasteiger partial charge is 0.418 e. The topological polar surface area (TPSA) is 190 Å². The number of nitrogens with zero attached hydrogens (tertiary/aromatic N) is 8.